The predicted octanol–water partition coefficient (Wildman–Crippen LogP) is 3.74. The van der Waals surface area contributed by atoms with Gasteiger partial charge in [0.1, 0.15) is 22.0 Å². The molecule has 10 nitrogen and oxygen atoms in total. The van der Waals surface area contributed by atoms with Crippen LogP contribution in [0, 0.1) is 0 Å². The number of methoxy groups -OCH3 is 2. The van der Waals surface area contributed by atoms with E-state index in [0.29, 0.717) is 39.2 Å². The first-order valence-corrected chi connectivity index (χ1v) is 11.9. The van der Waals surface area contributed by atoms with Gasteiger partial charge in [0, 0.05) is 17.1 Å². The average Bonchev–Trinajstić information content (AvgIpc) is 3.43. The maximum Gasteiger partial charge on any atom is 0.217 e. The standard InChI is InChI=1S/C21H18N6O4S2/c1-30-15-7-13-14(8-16(15)31-2)26-19-18(13)20(25-10-24-19)27-21-23-9-17(32-21)33(28,29)12-5-3-11(22)4-6-12/h3-10H,22H2,1-2H3,(H2,23,24,25,26,27). The van der Waals surface area contributed by atoms with Gasteiger partial charge in [-0.3, -0.25) is 0 Å². The maximum absolute atomic E-state index is 12.9. The lowest BCUT2D eigenvalue weighted by Gasteiger charge is -2.07. The molecule has 12 heteroatoms. The summed E-state index contributed by atoms with van der Waals surface area (Å²) >= 11 is 1.01. The number of sulfone groups is 1. The molecule has 0 radical (unpaired) electrons. The number of nitrogens with one attached hydrogen (secondary N) is 2. The van der Waals surface area contributed by atoms with Crippen LogP contribution in [0.25, 0.3) is 21.9 Å². The SMILES string of the molecule is COc1cc2[nH]c3ncnc(Nc4ncc(S(=O)(=O)c5ccc(N)cc5)s4)c3c2cc1OC. The average molecular weight is 483 g/mol. The molecule has 0 bridgehead atoms. The van der Waals surface area contributed by atoms with Crippen molar-refractivity contribution in [1.29, 1.82) is 0 Å². The summed E-state index contributed by atoms with van der Waals surface area (Å²) in [7, 11) is -0.590. The van der Waals surface area contributed by atoms with Crippen LogP contribution in [0.1, 0.15) is 0 Å². The summed E-state index contributed by atoms with van der Waals surface area (Å²) in [6.45, 7) is 0. The molecule has 3 heterocycles. The van der Waals surface area contributed by atoms with Crippen LogP contribution in [0.4, 0.5) is 16.6 Å². The highest BCUT2D eigenvalue weighted by atomic mass is 32.2. The number of hydrogen-bond acceptors (Lipinski definition) is 10. The van der Waals surface area contributed by atoms with Crippen molar-refractivity contribution in [2.75, 3.05) is 25.3 Å². The fourth-order valence-corrected chi connectivity index (χ4v) is 5.88. The molecule has 168 valence electrons. The van der Waals surface area contributed by atoms with Crippen molar-refractivity contribution < 1.29 is 17.9 Å². The minimum atomic E-state index is -3.72. The molecule has 0 saturated heterocycles. The summed E-state index contributed by atoms with van der Waals surface area (Å²) in [5.74, 6) is 1.62. The van der Waals surface area contributed by atoms with Crippen molar-refractivity contribution in [1.82, 2.24) is 19.9 Å². The number of hydrogen-bond donors (Lipinski definition) is 3. The molecule has 0 aliphatic carbocycles. The van der Waals surface area contributed by atoms with Crippen LogP contribution >= 0.6 is 11.3 Å². The molecule has 3 aromatic heterocycles. The molecule has 0 fully saturated rings. The van der Waals surface area contributed by atoms with Crippen molar-refractivity contribution in [3.8, 4) is 11.5 Å². The van der Waals surface area contributed by atoms with Gasteiger partial charge in [0.15, 0.2) is 16.6 Å². The van der Waals surface area contributed by atoms with Gasteiger partial charge in [-0.1, -0.05) is 11.3 Å². The summed E-state index contributed by atoms with van der Waals surface area (Å²) in [6.07, 6.45) is 2.73. The Morgan fingerprint density at radius 3 is 2.48 bits per heavy atom. The van der Waals surface area contributed by atoms with Gasteiger partial charge in [-0.2, -0.15) is 0 Å². The third-order valence-electron chi connectivity index (χ3n) is 5.06. The molecule has 0 spiro atoms. The molecule has 0 saturated carbocycles. The first kappa shape index (κ1) is 21.0. The molecule has 5 rings (SSSR count). The Balaban J connectivity index is 1.55. The lowest BCUT2D eigenvalue weighted by molar-refractivity contribution is 0.356. The third-order valence-corrected chi connectivity index (χ3v) is 8.20. The fraction of sp³-hybridized carbons (Fsp3) is 0.0952. The molecule has 0 unspecified atom stereocenters. The Hall–Kier alpha value is -3.90. The number of anilines is 3. The van der Waals surface area contributed by atoms with Gasteiger partial charge in [0.05, 0.1) is 36.2 Å². The molecule has 4 N–H and O–H groups in total. The second-order valence-corrected chi connectivity index (χ2v) is 10.2. The molecule has 0 amide bonds. The summed E-state index contributed by atoms with van der Waals surface area (Å²) in [6, 6.07) is 9.69. The van der Waals surface area contributed by atoms with Gasteiger partial charge in [-0.15, -0.1) is 0 Å². The molecule has 0 atom stereocenters. The van der Waals surface area contributed by atoms with Crippen LogP contribution in [0.5, 0.6) is 11.5 Å². The van der Waals surface area contributed by atoms with Gasteiger partial charge in [-0.05, 0) is 30.3 Å². The minimum absolute atomic E-state index is 0.102. The number of nitrogens with zero attached hydrogens (tertiary/aromatic N) is 3. The molecule has 0 aliphatic rings. The van der Waals surface area contributed by atoms with Gasteiger partial charge >= 0.3 is 0 Å². The van der Waals surface area contributed by atoms with Crippen molar-refractivity contribution in [3.05, 3.63) is 48.9 Å². The molecule has 2 aromatic carbocycles. The highest BCUT2D eigenvalue weighted by molar-refractivity contribution is 7.93. The number of aromatic amines is 1. The number of thiazole rings is 1. The lowest BCUT2D eigenvalue weighted by atomic mass is 10.2. The first-order chi connectivity index (χ1) is 15.9. The Kier molecular flexibility index (Phi) is 5.02. The van der Waals surface area contributed by atoms with E-state index >= 15 is 0 Å². The van der Waals surface area contributed by atoms with E-state index < -0.39 is 9.84 Å². The van der Waals surface area contributed by atoms with Crippen LogP contribution in [0.3, 0.4) is 0 Å². The second-order valence-electron chi connectivity index (χ2n) is 7.01. The van der Waals surface area contributed by atoms with E-state index in [0.717, 1.165) is 22.2 Å². The van der Waals surface area contributed by atoms with Crippen LogP contribution in [-0.4, -0.2) is 42.6 Å². The Morgan fingerprint density at radius 2 is 1.76 bits per heavy atom. The van der Waals surface area contributed by atoms with E-state index in [4.69, 9.17) is 15.2 Å². The summed E-state index contributed by atoms with van der Waals surface area (Å²) in [5.41, 5.74) is 7.54. The van der Waals surface area contributed by atoms with Crippen molar-refractivity contribution in [2.45, 2.75) is 9.10 Å². The van der Waals surface area contributed by atoms with E-state index in [9.17, 15) is 8.42 Å². The Labute approximate surface area is 192 Å². The largest absolute Gasteiger partial charge is 0.493 e. The van der Waals surface area contributed by atoms with E-state index in [1.54, 1.807) is 26.4 Å². The van der Waals surface area contributed by atoms with Crippen LogP contribution < -0.4 is 20.5 Å². The highest BCUT2D eigenvalue weighted by Crippen LogP contribution is 2.38. The molecular formula is C21H18N6O4S2. The zero-order valence-electron chi connectivity index (χ0n) is 17.5. The first-order valence-electron chi connectivity index (χ1n) is 9.62. The van der Waals surface area contributed by atoms with Gasteiger partial charge in [-0.25, -0.2) is 23.4 Å². The number of nitrogens with two attached hydrogens (primary N) is 1. The quantitative estimate of drug-likeness (QED) is 0.308. The topological polar surface area (TPSA) is 145 Å². The number of aromatic nitrogens is 4. The molecule has 0 aliphatic heterocycles. The van der Waals surface area contributed by atoms with Crippen LogP contribution in [0.15, 0.2) is 58.0 Å². The van der Waals surface area contributed by atoms with Crippen molar-refractivity contribution in [3.63, 3.8) is 0 Å². The molecule has 33 heavy (non-hydrogen) atoms. The number of H-pyrrole nitrogens is 1. The third kappa shape index (κ3) is 3.58. The van der Waals surface area contributed by atoms with E-state index in [2.05, 4.69) is 25.3 Å². The van der Waals surface area contributed by atoms with Crippen molar-refractivity contribution >= 4 is 59.7 Å². The Bertz CT molecular complexity index is 1590. The van der Waals surface area contributed by atoms with Gasteiger partial charge < -0.3 is 25.5 Å². The number of ether oxygens (including phenoxy) is 2. The van der Waals surface area contributed by atoms with Crippen molar-refractivity contribution in [2.24, 2.45) is 0 Å². The van der Waals surface area contributed by atoms with E-state index in [-0.39, 0.29) is 9.10 Å². The van der Waals surface area contributed by atoms with Gasteiger partial charge in [0.2, 0.25) is 9.84 Å². The maximum atomic E-state index is 12.9. The van der Waals surface area contributed by atoms with Crippen LogP contribution in [0.2, 0.25) is 0 Å². The monoisotopic (exact) mass is 482 g/mol. The Morgan fingerprint density at radius 1 is 1.03 bits per heavy atom. The highest BCUT2D eigenvalue weighted by Gasteiger charge is 2.22. The molecule has 5 aromatic rings. The number of benzene rings is 2. The van der Waals surface area contributed by atoms with E-state index in [1.807, 2.05) is 12.1 Å². The number of rotatable bonds is 6. The summed E-state index contributed by atoms with van der Waals surface area (Å²) in [4.78, 5) is 16.3. The zero-order valence-corrected chi connectivity index (χ0v) is 19.1. The smallest absolute Gasteiger partial charge is 0.217 e. The normalized spacial score (nSPS) is 11.7. The van der Waals surface area contributed by atoms with E-state index in [1.165, 1.54) is 24.7 Å². The second kappa shape index (κ2) is 7.90. The van der Waals surface area contributed by atoms with Crippen LogP contribution in [-0.2, 0) is 9.84 Å². The summed E-state index contributed by atoms with van der Waals surface area (Å²) in [5, 5.41) is 5.03. The lowest BCUT2D eigenvalue weighted by Crippen LogP contribution is -1.99. The number of fused-ring (bicyclic) bond motifs is 3. The summed E-state index contributed by atoms with van der Waals surface area (Å²) < 4.78 is 36.8. The fourth-order valence-electron chi connectivity index (χ4n) is 3.45. The minimum Gasteiger partial charge on any atom is -0.493 e. The molecular weight excluding hydrogens is 464 g/mol. The predicted molar refractivity (Wildman–Crippen MR) is 126 cm³/mol. The zero-order chi connectivity index (χ0) is 23.2. The number of nitrogen functional groups attached to an aromatic ring is 1. The van der Waals surface area contributed by atoms with Gasteiger partial charge in [0.25, 0.3) is 0 Å².